The fourth-order valence-electron chi connectivity index (χ4n) is 3.69. The first-order chi connectivity index (χ1) is 12.9. The summed E-state index contributed by atoms with van der Waals surface area (Å²) in [6.07, 6.45) is 2.26. The van der Waals surface area contributed by atoms with Gasteiger partial charge in [-0.1, -0.05) is 6.07 Å². The molecule has 148 valence electrons. The number of likely N-dealkylation sites (tertiary alicyclic amines) is 1. The summed E-state index contributed by atoms with van der Waals surface area (Å²) in [6.45, 7) is 9.54. The number of aryl methyl sites for hydroxylation is 1. The highest BCUT2D eigenvalue weighted by Gasteiger charge is 2.28. The van der Waals surface area contributed by atoms with Crippen molar-refractivity contribution >= 4 is 33.4 Å². The normalized spacial score (nSPS) is 19.9. The molecule has 0 aliphatic carbocycles. The molecule has 1 aromatic carbocycles. The molecule has 3 rings (SSSR count). The number of nitrogens with one attached hydrogen (secondary N) is 1. The van der Waals surface area contributed by atoms with Gasteiger partial charge in [-0.3, -0.25) is 19.4 Å². The zero-order valence-corrected chi connectivity index (χ0v) is 17.8. The number of piperazine rings is 1. The number of halogens is 1. The number of rotatable bonds is 5. The molecular formula is C20H29BrN4O2. The van der Waals surface area contributed by atoms with Gasteiger partial charge in [-0.15, -0.1) is 0 Å². The zero-order chi connectivity index (χ0) is 19.4. The lowest BCUT2D eigenvalue weighted by atomic mass is 10.2. The number of hydrogen-bond acceptors (Lipinski definition) is 4. The van der Waals surface area contributed by atoms with Crippen LogP contribution in [0.4, 0.5) is 5.69 Å². The first-order valence-electron chi connectivity index (χ1n) is 9.75. The summed E-state index contributed by atoms with van der Waals surface area (Å²) >= 11 is 3.51. The van der Waals surface area contributed by atoms with E-state index in [0.29, 0.717) is 6.54 Å². The van der Waals surface area contributed by atoms with Crippen LogP contribution in [0.25, 0.3) is 0 Å². The summed E-state index contributed by atoms with van der Waals surface area (Å²) in [4.78, 5) is 31.3. The van der Waals surface area contributed by atoms with Gasteiger partial charge in [0.25, 0.3) is 0 Å². The van der Waals surface area contributed by atoms with E-state index >= 15 is 0 Å². The Bertz CT molecular complexity index is 683. The predicted octanol–water partition coefficient (Wildman–Crippen LogP) is 2.32. The van der Waals surface area contributed by atoms with E-state index in [2.05, 4.69) is 31.0 Å². The van der Waals surface area contributed by atoms with Gasteiger partial charge in [-0.2, -0.15) is 0 Å². The van der Waals surface area contributed by atoms with Crippen LogP contribution < -0.4 is 5.32 Å². The van der Waals surface area contributed by atoms with E-state index in [0.717, 1.165) is 67.8 Å². The van der Waals surface area contributed by atoms with Crippen molar-refractivity contribution in [1.82, 2.24) is 14.7 Å². The molecule has 0 spiro atoms. The van der Waals surface area contributed by atoms with Crippen molar-refractivity contribution in [2.45, 2.75) is 32.7 Å². The average Bonchev–Trinajstić information content (AvgIpc) is 3.19. The minimum atomic E-state index is -0.199. The molecule has 1 atom stereocenters. The zero-order valence-electron chi connectivity index (χ0n) is 16.2. The smallest absolute Gasteiger partial charge is 0.241 e. The van der Waals surface area contributed by atoms with E-state index < -0.39 is 0 Å². The Hall–Kier alpha value is -1.44. The Kier molecular flexibility index (Phi) is 6.89. The van der Waals surface area contributed by atoms with Crippen LogP contribution in [0.2, 0.25) is 0 Å². The van der Waals surface area contributed by atoms with E-state index in [1.807, 2.05) is 36.9 Å². The lowest BCUT2D eigenvalue weighted by molar-refractivity contribution is -0.132. The Morgan fingerprint density at radius 2 is 1.78 bits per heavy atom. The van der Waals surface area contributed by atoms with Gasteiger partial charge < -0.3 is 10.2 Å². The third kappa shape index (κ3) is 5.30. The molecule has 2 aliphatic heterocycles. The van der Waals surface area contributed by atoms with E-state index in [-0.39, 0.29) is 17.9 Å². The molecule has 2 aliphatic rings. The molecule has 27 heavy (non-hydrogen) atoms. The van der Waals surface area contributed by atoms with Gasteiger partial charge in [0, 0.05) is 43.7 Å². The number of carbonyl (C=O) groups excluding carboxylic acids is 2. The topological polar surface area (TPSA) is 55.9 Å². The number of anilines is 1. The maximum atomic E-state index is 12.6. The van der Waals surface area contributed by atoms with Crippen molar-refractivity contribution in [2.24, 2.45) is 0 Å². The molecule has 2 fully saturated rings. The highest BCUT2D eigenvalue weighted by Crippen LogP contribution is 2.24. The fraction of sp³-hybridized carbons (Fsp3) is 0.600. The third-order valence-electron chi connectivity index (χ3n) is 5.53. The van der Waals surface area contributed by atoms with Crippen molar-refractivity contribution in [3.63, 3.8) is 0 Å². The van der Waals surface area contributed by atoms with Crippen LogP contribution in [0.3, 0.4) is 0 Å². The monoisotopic (exact) mass is 436 g/mol. The molecule has 2 saturated heterocycles. The van der Waals surface area contributed by atoms with Crippen LogP contribution in [0, 0.1) is 6.92 Å². The Morgan fingerprint density at radius 3 is 2.41 bits per heavy atom. The summed E-state index contributed by atoms with van der Waals surface area (Å²) in [7, 11) is 0. The van der Waals surface area contributed by atoms with E-state index in [1.165, 1.54) is 0 Å². The molecule has 0 unspecified atom stereocenters. The van der Waals surface area contributed by atoms with Gasteiger partial charge >= 0.3 is 0 Å². The second-order valence-corrected chi connectivity index (χ2v) is 8.40. The number of nitrogens with zero attached hydrogens (tertiary/aromatic N) is 3. The number of benzene rings is 1. The van der Waals surface area contributed by atoms with Crippen molar-refractivity contribution in [3.8, 4) is 0 Å². The quantitative estimate of drug-likeness (QED) is 0.769. The van der Waals surface area contributed by atoms with Crippen molar-refractivity contribution < 1.29 is 9.59 Å². The number of amides is 2. The van der Waals surface area contributed by atoms with Crippen molar-refractivity contribution in [1.29, 1.82) is 0 Å². The van der Waals surface area contributed by atoms with Gasteiger partial charge in [0.2, 0.25) is 11.8 Å². The van der Waals surface area contributed by atoms with Gasteiger partial charge in [0.1, 0.15) is 0 Å². The van der Waals surface area contributed by atoms with Crippen molar-refractivity contribution in [2.75, 3.05) is 51.1 Å². The Balaban J connectivity index is 1.46. The van der Waals surface area contributed by atoms with Crippen LogP contribution in [0.15, 0.2) is 22.7 Å². The van der Waals surface area contributed by atoms with E-state index in [9.17, 15) is 9.59 Å². The first-order valence-corrected chi connectivity index (χ1v) is 10.5. The molecule has 0 bridgehead atoms. The minimum Gasteiger partial charge on any atom is -0.342 e. The maximum absolute atomic E-state index is 12.6. The predicted molar refractivity (Wildman–Crippen MR) is 111 cm³/mol. The standard InChI is InChI=1S/C20H29BrN4O2/c1-15-5-6-18(17(21)13-15)22-20(27)16(2)24-11-9-23(10-12-24)14-19(26)25-7-3-4-8-25/h5-6,13,16H,3-4,7-12,14H2,1-2H3,(H,22,27)/t16-/m0/s1. The van der Waals surface area contributed by atoms with E-state index in [4.69, 9.17) is 0 Å². The van der Waals surface area contributed by atoms with Crippen LogP contribution >= 0.6 is 15.9 Å². The second kappa shape index (κ2) is 9.17. The van der Waals surface area contributed by atoms with Crippen LogP contribution in [0.5, 0.6) is 0 Å². The maximum Gasteiger partial charge on any atom is 0.241 e. The molecule has 6 nitrogen and oxygen atoms in total. The molecule has 1 N–H and O–H groups in total. The van der Waals surface area contributed by atoms with Gasteiger partial charge in [-0.25, -0.2) is 0 Å². The molecule has 0 radical (unpaired) electrons. The highest BCUT2D eigenvalue weighted by molar-refractivity contribution is 9.10. The average molecular weight is 437 g/mol. The number of hydrogen-bond donors (Lipinski definition) is 1. The Labute approximate surface area is 170 Å². The van der Waals surface area contributed by atoms with E-state index in [1.54, 1.807) is 0 Å². The third-order valence-corrected chi connectivity index (χ3v) is 6.19. The Morgan fingerprint density at radius 1 is 1.11 bits per heavy atom. The van der Waals surface area contributed by atoms with Crippen LogP contribution in [-0.2, 0) is 9.59 Å². The largest absolute Gasteiger partial charge is 0.342 e. The lowest BCUT2D eigenvalue weighted by Crippen LogP contribution is -2.54. The molecule has 1 aromatic rings. The summed E-state index contributed by atoms with van der Waals surface area (Å²) in [6, 6.07) is 5.71. The summed E-state index contributed by atoms with van der Waals surface area (Å²) < 4.78 is 0.897. The fourth-order valence-corrected chi connectivity index (χ4v) is 4.28. The summed E-state index contributed by atoms with van der Waals surface area (Å²) in [5.74, 6) is 0.247. The van der Waals surface area contributed by atoms with Gasteiger partial charge in [0.15, 0.2) is 0 Å². The lowest BCUT2D eigenvalue weighted by Gasteiger charge is -2.37. The molecule has 0 saturated carbocycles. The number of carbonyl (C=O) groups is 2. The molecular weight excluding hydrogens is 408 g/mol. The summed E-state index contributed by atoms with van der Waals surface area (Å²) in [5, 5.41) is 3.01. The minimum absolute atomic E-state index is 0.00106. The first kappa shape index (κ1) is 20.3. The SMILES string of the molecule is Cc1ccc(NC(=O)[C@H](C)N2CCN(CC(=O)N3CCCC3)CC2)c(Br)c1. The summed E-state index contributed by atoms with van der Waals surface area (Å²) in [5.41, 5.74) is 1.94. The molecule has 7 heteroatoms. The van der Waals surface area contributed by atoms with Crippen molar-refractivity contribution in [3.05, 3.63) is 28.2 Å². The van der Waals surface area contributed by atoms with Gasteiger partial charge in [0.05, 0.1) is 18.3 Å². The molecule has 2 heterocycles. The van der Waals surface area contributed by atoms with Crippen LogP contribution in [0.1, 0.15) is 25.3 Å². The molecule has 2 amide bonds. The van der Waals surface area contributed by atoms with Gasteiger partial charge in [-0.05, 0) is 60.3 Å². The highest BCUT2D eigenvalue weighted by atomic mass is 79.9. The van der Waals surface area contributed by atoms with Crippen LogP contribution in [-0.4, -0.2) is 78.4 Å². The molecule has 0 aromatic heterocycles. The second-order valence-electron chi connectivity index (χ2n) is 7.55.